The Morgan fingerprint density at radius 2 is 1.36 bits per heavy atom. The maximum atomic E-state index is 4.99. The van der Waals surface area contributed by atoms with Crippen LogP contribution < -0.4 is 0 Å². The Balaban J connectivity index is 3.67. The molecule has 0 fully saturated rings. The molecule has 0 aliphatic rings. The van der Waals surface area contributed by atoms with Gasteiger partial charge in [-0.15, -0.1) is 0 Å². The molecule has 1 heteroatoms. The Kier molecular flexibility index (Phi) is 5.75. The molecule has 0 bridgehead atoms. The Bertz CT molecular complexity index is 95.4. The predicted octanol–water partition coefficient (Wildman–Crippen LogP) is 3.69. The van der Waals surface area contributed by atoms with Crippen LogP contribution in [0.1, 0.15) is 40.5 Å². The molecule has 0 saturated heterocycles. The highest BCUT2D eigenvalue weighted by Crippen LogP contribution is 2.18. The monoisotopic (exact) mass is 172 g/mol. The van der Waals surface area contributed by atoms with Crippen molar-refractivity contribution in [2.75, 3.05) is 0 Å². The van der Waals surface area contributed by atoms with Crippen LogP contribution in [0.4, 0.5) is 0 Å². The fourth-order valence-electron chi connectivity index (χ4n) is 1.42. The molecule has 0 unspecified atom stereocenters. The summed E-state index contributed by atoms with van der Waals surface area (Å²) in [5.74, 6) is 2.21. The average Bonchev–Trinajstić information content (AvgIpc) is 1.84. The largest absolute Gasteiger partial charge is 0.0932 e. The molecule has 0 saturated carbocycles. The van der Waals surface area contributed by atoms with E-state index in [0.29, 0.717) is 5.92 Å². The molecule has 0 amide bonds. The SMILES string of the molecule is CC(C)CC(C=S)CC(C)C. The summed E-state index contributed by atoms with van der Waals surface area (Å²) in [5.41, 5.74) is 0. The lowest BCUT2D eigenvalue weighted by atomic mass is 9.91. The number of hydrogen-bond donors (Lipinski definition) is 0. The normalized spacial score (nSPS) is 11.5. The molecular weight excluding hydrogens is 152 g/mol. The van der Waals surface area contributed by atoms with E-state index < -0.39 is 0 Å². The highest BCUT2D eigenvalue weighted by atomic mass is 32.1. The maximum Gasteiger partial charge on any atom is -0.0124 e. The molecule has 66 valence electrons. The quantitative estimate of drug-likeness (QED) is 0.570. The van der Waals surface area contributed by atoms with Crippen LogP contribution in [0.25, 0.3) is 0 Å². The number of thiocarbonyl (C=S) groups is 1. The van der Waals surface area contributed by atoms with Crippen molar-refractivity contribution in [3.05, 3.63) is 0 Å². The van der Waals surface area contributed by atoms with Crippen molar-refractivity contribution in [3.63, 3.8) is 0 Å². The second-order valence-corrected chi connectivity index (χ2v) is 4.43. The van der Waals surface area contributed by atoms with Gasteiger partial charge in [0.2, 0.25) is 0 Å². The molecule has 0 aromatic rings. The average molecular weight is 172 g/mol. The third-order valence-electron chi connectivity index (χ3n) is 1.74. The van der Waals surface area contributed by atoms with E-state index in [4.69, 9.17) is 12.2 Å². The minimum Gasteiger partial charge on any atom is -0.0932 e. The molecule has 0 aliphatic heterocycles. The zero-order valence-electron chi connectivity index (χ0n) is 8.13. The van der Waals surface area contributed by atoms with Gasteiger partial charge in [0.1, 0.15) is 0 Å². The van der Waals surface area contributed by atoms with Crippen molar-refractivity contribution in [2.45, 2.75) is 40.5 Å². The van der Waals surface area contributed by atoms with E-state index in [9.17, 15) is 0 Å². The lowest BCUT2D eigenvalue weighted by Crippen LogP contribution is -2.08. The topological polar surface area (TPSA) is 0 Å². The van der Waals surface area contributed by atoms with Gasteiger partial charge >= 0.3 is 0 Å². The van der Waals surface area contributed by atoms with E-state index in [0.717, 1.165) is 11.8 Å². The molecule has 0 heterocycles. The molecular formula is C10H20S. The second-order valence-electron chi connectivity index (χ2n) is 4.16. The van der Waals surface area contributed by atoms with E-state index in [1.807, 2.05) is 5.37 Å². The molecule has 0 radical (unpaired) electrons. The molecule has 0 aromatic heterocycles. The summed E-state index contributed by atoms with van der Waals surface area (Å²) >= 11 is 4.99. The first-order chi connectivity index (χ1) is 5.06. The first-order valence-electron chi connectivity index (χ1n) is 4.51. The van der Waals surface area contributed by atoms with Crippen LogP contribution in [0, 0.1) is 17.8 Å². The summed E-state index contributed by atoms with van der Waals surface area (Å²) in [7, 11) is 0. The van der Waals surface area contributed by atoms with Crippen LogP contribution >= 0.6 is 12.2 Å². The fourth-order valence-corrected chi connectivity index (χ4v) is 1.64. The Morgan fingerprint density at radius 3 is 1.55 bits per heavy atom. The summed E-state index contributed by atoms with van der Waals surface area (Å²) in [4.78, 5) is 0. The smallest absolute Gasteiger partial charge is 0.0124 e. The molecule has 0 aliphatic carbocycles. The summed E-state index contributed by atoms with van der Waals surface area (Å²) in [6, 6.07) is 0. The Hall–Kier alpha value is 0.0900. The van der Waals surface area contributed by atoms with Gasteiger partial charge < -0.3 is 0 Å². The van der Waals surface area contributed by atoms with E-state index >= 15 is 0 Å². The fraction of sp³-hybridized carbons (Fsp3) is 0.900. The molecule has 0 aromatic carbocycles. The van der Waals surface area contributed by atoms with Crippen molar-refractivity contribution in [1.82, 2.24) is 0 Å². The van der Waals surface area contributed by atoms with Crippen molar-refractivity contribution in [2.24, 2.45) is 17.8 Å². The highest BCUT2D eigenvalue weighted by molar-refractivity contribution is 7.79. The van der Waals surface area contributed by atoms with Crippen LogP contribution in [0.2, 0.25) is 0 Å². The minimum absolute atomic E-state index is 0.657. The third kappa shape index (κ3) is 6.49. The van der Waals surface area contributed by atoms with Crippen molar-refractivity contribution in [1.29, 1.82) is 0 Å². The summed E-state index contributed by atoms with van der Waals surface area (Å²) in [6.07, 6.45) is 2.50. The number of rotatable bonds is 5. The first kappa shape index (κ1) is 11.1. The molecule has 0 atom stereocenters. The van der Waals surface area contributed by atoms with Gasteiger partial charge in [-0.1, -0.05) is 39.9 Å². The van der Waals surface area contributed by atoms with Crippen LogP contribution in [-0.2, 0) is 0 Å². The Labute approximate surface area is 76.4 Å². The van der Waals surface area contributed by atoms with Gasteiger partial charge in [-0.2, -0.15) is 0 Å². The highest BCUT2D eigenvalue weighted by Gasteiger charge is 2.09. The van der Waals surface area contributed by atoms with Crippen molar-refractivity contribution < 1.29 is 0 Å². The van der Waals surface area contributed by atoms with Gasteiger partial charge in [0.25, 0.3) is 0 Å². The first-order valence-corrected chi connectivity index (χ1v) is 4.98. The minimum atomic E-state index is 0.657. The maximum absolute atomic E-state index is 4.99. The van der Waals surface area contributed by atoms with Gasteiger partial charge in [-0.05, 0) is 36.0 Å². The van der Waals surface area contributed by atoms with Gasteiger partial charge in [0.05, 0.1) is 0 Å². The molecule has 0 spiro atoms. The summed E-state index contributed by atoms with van der Waals surface area (Å²) in [6.45, 7) is 9.02. The van der Waals surface area contributed by atoms with Crippen LogP contribution in [0.15, 0.2) is 0 Å². The standard InChI is InChI=1S/C10H20S/c1-8(2)5-10(7-11)6-9(3)4/h7-10H,5-6H2,1-4H3. The number of hydrogen-bond acceptors (Lipinski definition) is 1. The van der Waals surface area contributed by atoms with Gasteiger partial charge in [0.15, 0.2) is 0 Å². The molecule has 0 nitrogen and oxygen atoms in total. The van der Waals surface area contributed by atoms with Gasteiger partial charge in [0, 0.05) is 0 Å². The van der Waals surface area contributed by atoms with E-state index in [2.05, 4.69) is 27.7 Å². The van der Waals surface area contributed by atoms with E-state index in [1.165, 1.54) is 12.8 Å². The zero-order valence-corrected chi connectivity index (χ0v) is 8.95. The van der Waals surface area contributed by atoms with Gasteiger partial charge in [-0.3, -0.25) is 0 Å². The summed E-state index contributed by atoms with van der Waals surface area (Å²) in [5, 5.41) is 1.94. The summed E-state index contributed by atoms with van der Waals surface area (Å²) < 4.78 is 0. The lowest BCUT2D eigenvalue weighted by molar-refractivity contribution is 0.427. The van der Waals surface area contributed by atoms with Crippen LogP contribution in [0.5, 0.6) is 0 Å². The van der Waals surface area contributed by atoms with E-state index in [1.54, 1.807) is 0 Å². The zero-order chi connectivity index (χ0) is 8.85. The van der Waals surface area contributed by atoms with E-state index in [-0.39, 0.29) is 0 Å². The lowest BCUT2D eigenvalue weighted by Gasteiger charge is -2.15. The molecule has 11 heavy (non-hydrogen) atoms. The van der Waals surface area contributed by atoms with Crippen LogP contribution in [-0.4, -0.2) is 5.37 Å². The van der Waals surface area contributed by atoms with Gasteiger partial charge in [-0.25, -0.2) is 0 Å². The molecule has 0 N–H and O–H groups in total. The third-order valence-corrected chi connectivity index (χ3v) is 2.13. The Morgan fingerprint density at radius 1 is 1.00 bits per heavy atom. The van der Waals surface area contributed by atoms with Crippen LogP contribution in [0.3, 0.4) is 0 Å². The van der Waals surface area contributed by atoms with Crippen molar-refractivity contribution >= 4 is 17.6 Å². The molecule has 0 rings (SSSR count). The predicted molar refractivity (Wildman–Crippen MR) is 56.1 cm³/mol. The van der Waals surface area contributed by atoms with Crippen molar-refractivity contribution in [3.8, 4) is 0 Å². The second kappa shape index (κ2) is 5.70.